The van der Waals surface area contributed by atoms with Gasteiger partial charge in [-0.05, 0) is 25.3 Å². The topological polar surface area (TPSA) is 194 Å². The first kappa shape index (κ1) is 21.4. The lowest BCUT2D eigenvalue weighted by Crippen LogP contribution is -2.90. The van der Waals surface area contributed by atoms with E-state index in [4.69, 9.17) is 9.47 Å². The van der Waals surface area contributed by atoms with Crippen LogP contribution in [0.1, 0.15) is 20.3 Å². The third kappa shape index (κ3) is 1.84. The standard InChI is InChI=1S/C20H26O11/c1-7-3-9(22)11(23)16(2)8(7)4-10-17-6-30-19(28,14(16)17)15(26)18(27,5-21)20(17,29)12(24)13(25)31-10/h3,8,10-12,14-15,21,23-24,26-29H,4-6H2,1-2H3/t8-,10+,11+,12-,14?,15+,16+,17+,18+,19-,20-/m0/s1. The average Bonchev–Trinajstić information content (AvgIpc) is 3.04. The first-order valence-corrected chi connectivity index (χ1v) is 10.2. The number of rotatable bonds is 1. The van der Waals surface area contributed by atoms with E-state index in [2.05, 4.69) is 0 Å². The third-order valence-corrected chi connectivity index (χ3v) is 8.98. The van der Waals surface area contributed by atoms with E-state index in [0.717, 1.165) is 0 Å². The third-order valence-electron chi connectivity index (χ3n) is 8.98. The summed E-state index contributed by atoms with van der Waals surface area (Å²) in [5, 5.41) is 77.4. The number of ether oxygens (including phenoxy) is 2. The molecule has 0 aromatic heterocycles. The summed E-state index contributed by atoms with van der Waals surface area (Å²) >= 11 is 0. The maximum atomic E-state index is 12.6. The molecular weight excluding hydrogens is 416 g/mol. The minimum Gasteiger partial charge on any atom is -0.460 e. The minimum atomic E-state index is -2.98. The van der Waals surface area contributed by atoms with Gasteiger partial charge < -0.3 is 45.2 Å². The van der Waals surface area contributed by atoms with Crippen LogP contribution in [0.15, 0.2) is 11.6 Å². The van der Waals surface area contributed by atoms with E-state index in [1.165, 1.54) is 13.0 Å². The smallest absolute Gasteiger partial charge is 0.338 e. The van der Waals surface area contributed by atoms with Gasteiger partial charge in [-0.3, -0.25) is 4.79 Å². The Morgan fingerprint density at radius 3 is 2.39 bits per heavy atom. The Hall–Kier alpha value is -1.44. The highest BCUT2D eigenvalue weighted by molar-refractivity contribution is 5.96. The van der Waals surface area contributed by atoms with E-state index in [1.54, 1.807) is 6.92 Å². The molecule has 0 amide bonds. The van der Waals surface area contributed by atoms with Gasteiger partial charge in [0, 0.05) is 11.3 Å². The molecule has 2 saturated carbocycles. The molecular formula is C20H26O11. The largest absolute Gasteiger partial charge is 0.460 e. The molecule has 5 aliphatic rings. The van der Waals surface area contributed by atoms with Crippen molar-refractivity contribution in [2.24, 2.45) is 22.7 Å². The van der Waals surface area contributed by atoms with Gasteiger partial charge in [-0.15, -0.1) is 0 Å². The van der Waals surface area contributed by atoms with Gasteiger partial charge in [-0.2, -0.15) is 0 Å². The first-order chi connectivity index (χ1) is 14.3. The molecule has 11 heteroatoms. The van der Waals surface area contributed by atoms with Crippen LogP contribution < -0.4 is 0 Å². The molecule has 1 spiro atoms. The van der Waals surface area contributed by atoms with Gasteiger partial charge in [0.05, 0.1) is 18.6 Å². The van der Waals surface area contributed by atoms with Gasteiger partial charge in [-0.25, -0.2) is 4.79 Å². The predicted octanol–water partition coefficient (Wildman–Crippen LogP) is -3.66. The quantitative estimate of drug-likeness (QED) is 0.198. The summed E-state index contributed by atoms with van der Waals surface area (Å²) < 4.78 is 11.0. The van der Waals surface area contributed by atoms with E-state index in [9.17, 15) is 45.3 Å². The van der Waals surface area contributed by atoms with Gasteiger partial charge >= 0.3 is 5.97 Å². The van der Waals surface area contributed by atoms with Crippen molar-refractivity contribution in [3.05, 3.63) is 11.6 Å². The van der Waals surface area contributed by atoms with Crippen LogP contribution in [0.2, 0.25) is 0 Å². The van der Waals surface area contributed by atoms with E-state index in [1.807, 2.05) is 0 Å². The van der Waals surface area contributed by atoms with Crippen molar-refractivity contribution >= 4 is 11.8 Å². The molecule has 31 heavy (non-hydrogen) atoms. The van der Waals surface area contributed by atoms with Crippen LogP contribution >= 0.6 is 0 Å². The van der Waals surface area contributed by atoms with Crippen molar-refractivity contribution in [1.82, 2.24) is 0 Å². The Morgan fingerprint density at radius 2 is 1.77 bits per heavy atom. The number of carbonyl (C=O) groups is 2. The fourth-order valence-electron chi connectivity index (χ4n) is 7.66. The van der Waals surface area contributed by atoms with E-state index >= 15 is 0 Å². The van der Waals surface area contributed by atoms with Crippen LogP contribution in [0, 0.1) is 22.7 Å². The molecule has 2 heterocycles. The number of fused-ring (bicyclic) bond motifs is 1. The second-order valence-corrected chi connectivity index (χ2v) is 9.94. The summed E-state index contributed by atoms with van der Waals surface area (Å²) in [6.07, 6.45) is -6.46. The highest BCUT2D eigenvalue weighted by atomic mass is 16.7. The first-order valence-electron chi connectivity index (χ1n) is 10.2. The van der Waals surface area contributed by atoms with Crippen molar-refractivity contribution in [2.75, 3.05) is 13.2 Å². The lowest BCUT2D eigenvalue weighted by molar-refractivity contribution is -0.416. The zero-order chi connectivity index (χ0) is 22.9. The summed E-state index contributed by atoms with van der Waals surface area (Å²) in [5.41, 5.74) is -8.85. The zero-order valence-electron chi connectivity index (χ0n) is 16.9. The molecule has 11 atom stereocenters. The van der Waals surface area contributed by atoms with Gasteiger partial charge in [0.2, 0.25) is 0 Å². The Labute approximate surface area is 176 Å². The van der Waals surface area contributed by atoms with Crippen LogP contribution in [-0.4, -0.2) is 102 Å². The molecule has 172 valence electrons. The van der Waals surface area contributed by atoms with E-state index < -0.39 is 89.0 Å². The number of ketones is 1. The van der Waals surface area contributed by atoms with Crippen molar-refractivity contribution in [3.8, 4) is 0 Å². The lowest BCUT2D eigenvalue weighted by Gasteiger charge is -2.71. The lowest BCUT2D eigenvalue weighted by atomic mass is 9.35. The van der Waals surface area contributed by atoms with Gasteiger partial charge in [0.15, 0.2) is 23.3 Å². The van der Waals surface area contributed by atoms with E-state index in [-0.39, 0.29) is 6.42 Å². The molecule has 0 aromatic rings. The van der Waals surface area contributed by atoms with Crippen molar-refractivity contribution < 1.29 is 54.8 Å². The molecule has 5 rings (SSSR count). The number of allylic oxidation sites excluding steroid dienone is 1. The Bertz CT molecular complexity index is 919. The number of esters is 1. The molecule has 7 N–H and O–H groups in total. The molecule has 4 fully saturated rings. The number of aliphatic hydroxyl groups excluding tert-OH is 4. The predicted molar refractivity (Wildman–Crippen MR) is 96.7 cm³/mol. The van der Waals surface area contributed by atoms with Crippen molar-refractivity contribution in [2.45, 2.75) is 61.7 Å². The summed E-state index contributed by atoms with van der Waals surface area (Å²) in [5.74, 6) is -6.66. The number of carbonyl (C=O) groups excluding carboxylic acids is 2. The highest BCUT2D eigenvalue weighted by Crippen LogP contribution is 2.75. The maximum Gasteiger partial charge on any atom is 0.338 e. The summed E-state index contributed by atoms with van der Waals surface area (Å²) in [4.78, 5) is 25.1. The molecule has 3 aliphatic carbocycles. The molecule has 0 aromatic carbocycles. The van der Waals surface area contributed by atoms with E-state index in [0.29, 0.717) is 5.57 Å². The van der Waals surface area contributed by atoms with Crippen LogP contribution in [-0.2, 0) is 19.1 Å². The number of hydrogen-bond donors (Lipinski definition) is 7. The second-order valence-electron chi connectivity index (χ2n) is 9.94. The molecule has 0 radical (unpaired) electrons. The molecule has 2 saturated heterocycles. The normalized spacial score (nSPS) is 60.1. The number of aliphatic hydroxyl groups is 7. The van der Waals surface area contributed by atoms with Gasteiger partial charge in [0.1, 0.15) is 23.9 Å². The fourth-order valence-corrected chi connectivity index (χ4v) is 7.66. The minimum absolute atomic E-state index is 0.0164. The van der Waals surface area contributed by atoms with Crippen LogP contribution in [0.5, 0.6) is 0 Å². The average molecular weight is 442 g/mol. The van der Waals surface area contributed by atoms with Gasteiger partial charge in [-0.1, -0.05) is 12.5 Å². The van der Waals surface area contributed by atoms with Gasteiger partial charge in [0.25, 0.3) is 0 Å². The molecule has 2 aliphatic heterocycles. The Kier molecular flexibility index (Phi) is 3.95. The van der Waals surface area contributed by atoms with Crippen LogP contribution in [0.25, 0.3) is 0 Å². The molecule has 1 unspecified atom stereocenters. The summed E-state index contributed by atoms with van der Waals surface area (Å²) in [6, 6.07) is 0. The SMILES string of the molecule is CC1=CC(=O)[C@@H](O)[C@]2(C)C3[C@]4(O)OC[C@@]35[C@@H](C[C@@H]12)OC(=O)[C@H](O)[C@@]5(O)[C@@](O)(CO)[C@H]4O. The summed E-state index contributed by atoms with van der Waals surface area (Å²) in [6.45, 7) is 1.23. The van der Waals surface area contributed by atoms with Crippen LogP contribution in [0.3, 0.4) is 0 Å². The molecule has 11 nitrogen and oxygen atoms in total. The van der Waals surface area contributed by atoms with Crippen molar-refractivity contribution in [1.29, 1.82) is 0 Å². The second kappa shape index (κ2) is 5.72. The monoisotopic (exact) mass is 442 g/mol. The van der Waals surface area contributed by atoms with Crippen molar-refractivity contribution in [3.63, 3.8) is 0 Å². The zero-order valence-corrected chi connectivity index (χ0v) is 16.9. The number of hydrogen-bond acceptors (Lipinski definition) is 11. The van der Waals surface area contributed by atoms with Crippen LogP contribution in [0.4, 0.5) is 0 Å². The molecule has 2 bridgehead atoms. The Morgan fingerprint density at radius 1 is 1.13 bits per heavy atom. The highest BCUT2D eigenvalue weighted by Gasteiger charge is 2.91. The fraction of sp³-hybridized carbons (Fsp3) is 0.800. The Balaban J connectivity index is 1.87. The summed E-state index contributed by atoms with van der Waals surface area (Å²) in [7, 11) is 0. The maximum absolute atomic E-state index is 12.6.